The zero-order valence-corrected chi connectivity index (χ0v) is 15.0. The van der Waals surface area contributed by atoms with Crippen molar-refractivity contribution >= 4 is 10.0 Å². The molecular formula is C18H24N2O2S. The molecule has 1 aromatic heterocycles. The molecule has 0 N–H and O–H groups in total. The number of sulfonamides is 1. The van der Waals surface area contributed by atoms with Gasteiger partial charge >= 0.3 is 0 Å². The van der Waals surface area contributed by atoms with Gasteiger partial charge < -0.3 is 4.57 Å². The highest BCUT2D eigenvalue weighted by atomic mass is 32.2. The average Bonchev–Trinajstić information content (AvgIpc) is 2.96. The van der Waals surface area contributed by atoms with Crippen molar-refractivity contribution in [2.75, 3.05) is 6.54 Å². The van der Waals surface area contributed by atoms with E-state index < -0.39 is 10.0 Å². The van der Waals surface area contributed by atoms with E-state index in [0.29, 0.717) is 18.0 Å². The van der Waals surface area contributed by atoms with Gasteiger partial charge in [-0.3, -0.25) is 0 Å². The van der Waals surface area contributed by atoms with Gasteiger partial charge in [0.05, 0.1) is 10.9 Å². The minimum Gasteiger partial charge on any atom is -0.349 e. The molecule has 124 valence electrons. The van der Waals surface area contributed by atoms with Crippen LogP contribution < -0.4 is 0 Å². The van der Waals surface area contributed by atoms with Gasteiger partial charge in [-0.1, -0.05) is 32.9 Å². The van der Waals surface area contributed by atoms with Crippen LogP contribution in [0, 0.1) is 0 Å². The lowest BCUT2D eigenvalue weighted by atomic mass is 9.87. The highest BCUT2D eigenvalue weighted by Gasteiger charge is 2.33. The summed E-state index contributed by atoms with van der Waals surface area (Å²) in [7, 11) is -3.47. The van der Waals surface area contributed by atoms with Gasteiger partial charge in [0.25, 0.3) is 0 Å². The molecule has 0 spiro atoms. The molecule has 0 saturated heterocycles. The third-order valence-corrected chi connectivity index (χ3v) is 6.60. The van der Waals surface area contributed by atoms with Gasteiger partial charge in [-0.15, -0.1) is 0 Å². The molecule has 1 aliphatic rings. The Morgan fingerprint density at radius 1 is 1.04 bits per heavy atom. The van der Waals surface area contributed by atoms with E-state index in [9.17, 15) is 8.42 Å². The van der Waals surface area contributed by atoms with Gasteiger partial charge in [-0.2, -0.15) is 4.31 Å². The maximum absolute atomic E-state index is 13.0. The van der Waals surface area contributed by atoms with Crippen molar-refractivity contribution < 1.29 is 8.42 Å². The first kappa shape index (κ1) is 16.3. The molecule has 2 aromatic rings. The number of fused-ring (bicyclic) bond motifs is 1. The van der Waals surface area contributed by atoms with E-state index in [1.807, 2.05) is 37.4 Å². The standard InChI is InChI=1S/C18H24N2O2S/c1-14-17-6-5-11-19(17)12-13-20(14)23(21,22)16-9-7-15(8-10-16)18(2,3)4/h5-11,14H,12-13H2,1-4H3/t14-/m1/s1. The topological polar surface area (TPSA) is 42.3 Å². The Morgan fingerprint density at radius 2 is 1.70 bits per heavy atom. The zero-order chi connectivity index (χ0) is 16.8. The molecule has 0 aliphatic carbocycles. The molecule has 5 heteroatoms. The van der Waals surface area contributed by atoms with Gasteiger partial charge in [0.15, 0.2) is 0 Å². The lowest BCUT2D eigenvalue weighted by molar-refractivity contribution is 0.282. The van der Waals surface area contributed by atoms with Gasteiger partial charge in [-0.05, 0) is 42.2 Å². The summed E-state index contributed by atoms with van der Waals surface area (Å²) in [6.45, 7) is 9.52. The molecule has 0 fully saturated rings. The summed E-state index contributed by atoms with van der Waals surface area (Å²) in [5.41, 5.74) is 2.20. The van der Waals surface area contributed by atoms with Crippen molar-refractivity contribution in [3.05, 3.63) is 53.9 Å². The molecule has 1 aliphatic heterocycles. The van der Waals surface area contributed by atoms with Gasteiger partial charge in [0, 0.05) is 25.0 Å². The highest BCUT2D eigenvalue weighted by molar-refractivity contribution is 7.89. The fourth-order valence-electron chi connectivity index (χ4n) is 3.15. The predicted molar refractivity (Wildman–Crippen MR) is 91.9 cm³/mol. The lowest BCUT2D eigenvalue weighted by Crippen LogP contribution is -2.40. The fraction of sp³-hybridized carbons (Fsp3) is 0.444. The number of hydrogen-bond donors (Lipinski definition) is 0. The summed E-state index contributed by atoms with van der Waals surface area (Å²) >= 11 is 0. The van der Waals surface area contributed by atoms with Crippen LogP contribution in [0.15, 0.2) is 47.5 Å². The van der Waals surface area contributed by atoms with Gasteiger partial charge in [0.1, 0.15) is 0 Å². The van der Waals surface area contributed by atoms with Crippen molar-refractivity contribution in [3.63, 3.8) is 0 Å². The van der Waals surface area contributed by atoms with Crippen LogP contribution in [0.5, 0.6) is 0 Å². The Kier molecular flexibility index (Phi) is 3.89. The molecule has 1 aromatic carbocycles. The quantitative estimate of drug-likeness (QED) is 0.844. The van der Waals surface area contributed by atoms with E-state index in [1.165, 1.54) is 0 Å². The van der Waals surface area contributed by atoms with Crippen LogP contribution in [0.2, 0.25) is 0 Å². The molecule has 2 heterocycles. The maximum Gasteiger partial charge on any atom is 0.243 e. The first-order chi connectivity index (χ1) is 10.7. The van der Waals surface area contributed by atoms with Crippen LogP contribution in [-0.4, -0.2) is 23.8 Å². The maximum atomic E-state index is 13.0. The fourth-order valence-corrected chi connectivity index (χ4v) is 4.75. The summed E-state index contributed by atoms with van der Waals surface area (Å²) < 4.78 is 29.7. The Morgan fingerprint density at radius 3 is 2.30 bits per heavy atom. The zero-order valence-electron chi connectivity index (χ0n) is 14.2. The van der Waals surface area contributed by atoms with E-state index in [1.54, 1.807) is 16.4 Å². The summed E-state index contributed by atoms with van der Waals surface area (Å²) in [4.78, 5) is 0.373. The predicted octanol–water partition coefficient (Wildman–Crippen LogP) is 3.55. The Labute approximate surface area is 138 Å². The van der Waals surface area contributed by atoms with Gasteiger partial charge in [0.2, 0.25) is 10.0 Å². The van der Waals surface area contributed by atoms with Crippen molar-refractivity contribution in [1.82, 2.24) is 8.87 Å². The summed E-state index contributed by atoms with van der Waals surface area (Å²) in [5.74, 6) is 0. The smallest absolute Gasteiger partial charge is 0.243 e. The molecule has 1 atom stereocenters. The molecule has 0 saturated carbocycles. The van der Waals surface area contributed by atoms with Crippen LogP contribution in [0.1, 0.15) is 45.0 Å². The second-order valence-corrected chi connectivity index (χ2v) is 9.08. The number of nitrogens with zero attached hydrogens (tertiary/aromatic N) is 2. The van der Waals surface area contributed by atoms with Crippen LogP contribution in [-0.2, 0) is 22.0 Å². The van der Waals surface area contributed by atoms with E-state index in [4.69, 9.17) is 0 Å². The largest absolute Gasteiger partial charge is 0.349 e. The third kappa shape index (κ3) is 2.83. The molecule has 4 nitrogen and oxygen atoms in total. The lowest BCUT2D eigenvalue weighted by Gasteiger charge is -2.34. The number of rotatable bonds is 2. The van der Waals surface area contributed by atoms with Crippen molar-refractivity contribution in [3.8, 4) is 0 Å². The highest BCUT2D eigenvalue weighted by Crippen LogP contribution is 2.32. The minimum atomic E-state index is -3.47. The third-order valence-electron chi connectivity index (χ3n) is 4.61. The van der Waals surface area contributed by atoms with Crippen molar-refractivity contribution in [1.29, 1.82) is 0 Å². The molecule has 0 amide bonds. The van der Waals surface area contributed by atoms with Crippen molar-refractivity contribution in [2.45, 2.75) is 50.6 Å². The van der Waals surface area contributed by atoms with Gasteiger partial charge in [-0.25, -0.2) is 8.42 Å². The molecular weight excluding hydrogens is 308 g/mol. The Hall–Kier alpha value is -1.59. The minimum absolute atomic E-state index is 0.0154. The van der Waals surface area contributed by atoms with E-state index in [-0.39, 0.29) is 11.5 Å². The first-order valence-electron chi connectivity index (χ1n) is 7.99. The SMILES string of the molecule is C[C@@H]1c2cccn2CCN1S(=O)(=O)c1ccc(C(C)(C)C)cc1. The number of hydrogen-bond acceptors (Lipinski definition) is 2. The van der Waals surface area contributed by atoms with Crippen LogP contribution in [0.4, 0.5) is 0 Å². The van der Waals surface area contributed by atoms with Crippen LogP contribution >= 0.6 is 0 Å². The van der Waals surface area contributed by atoms with Crippen LogP contribution in [0.3, 0.4) is 0 Å². The van der Waals surface area contributed by atoms with Crippen molar-refractivity contribution in [2.24, 2.45) is 0 Å². The summed E-state index contributed by atoms with van der Waals surface area (Å²) in [6, 6.07) is 11.1. The van der Waals surface area contributed by atoms with Crippen LogP contribution in [0.25, 0.3) is 0 Å². The molecule has 0 radical (unpaired) electrons. The summed E-state index contributed by atoms with van der Waals surface area (Å²) in [5, 5.41) is 0. The Balaban J connectivity index is 1.93. The normalized spacial score (nSPS) is 19.6. The Bertz CT molecular complexity index is 798. The number of benzene rings is 1. The molecule has 23 heavy (non-hydrogen) atoms. The van der Waals surface area contributed by atoms with E-state index >= 15 is 0 Å². The molecule has 0 unspecified atom stereocenters. The first-order valence-corrected chi connectivity index (χ1v) is 9.43. The average molecular weight is 332 g/mol. The van der Waals surface area contributed by atoms with E-state index in [2.05, 4.69) is 25.3 Å². The number of aromatic nitrogens is 1. The monoisotopic (exact) mass is 332 g/mol. The molecule has 0 bridgehead atoms. The molecule has 3 rings (SSSR count). The summed E-state index contributed by atoms with van der Waals surface area (Å²) in [6.07, 6.45) is 2.01. The van der Waals surface area contributed by atoms with E-state index in [0.717, 1.165) is 11.3 Å². The second-order valence-electron chi connectivity index (χ2n) is 7.19. The second kappa shape index (κ2) is 5.49.